The number of hydrogen-bond donors (Lipinski definition) is 0. The van der Waals surface area contributed by atoms with E-state index >= 15 is 0 Å². The molecular weight excluding hydrogens is 532 g/mol. The van der Waals surface area contributed by atoms with Crippen LogP contribution in [0.4, 0.5) is 11.4 Å². The van der Waals surface area contributed by atoms with Crippen LogP contribution in [0.5, 0.6) is 0 Å². The lowest BCUT2D eigenvalue weighted by atomic mass is 9.92. The summed E-state index contributed by atoms with van der Waals surface area (Å²) in [6, 6.07) is 56.2. The minimum Gasteiger partial charge on any atom is -0.247 e. The highest BCUT2D eigenvalue weighted by atomic mass is 14.8. The molecule has 204 valence electrons. The third kappa shape index (κ3) is 4.11. The summed E-state index contributed by atoms with van der Waals surface area (Å²) in [7, 11) is 0. The lowest BCUT2D eigenvalue weighted by Crippen LogP contribution is -2.10. The fourth-order valence-corrected chi connectivity index (χ4v) is 6.50. The van der Waals surface area contributed by atoms with Crippen molar-refractivity contribution >= 4 is 65.9 Å². The molecule has 0 radical (unpaired) electrons. The molecule has 1 heterocycles. The summed E-state index contributed by atoms with van der Waals surface area (Å²) < 4.78 is 0. The molecule has 0 saturated heterocycles. The van der Waals surface area contributed by atoms with Gasteiger partial charge in [0, 0.05) is 22.3 Å². The van der Waals surface area contributed by atoms with Crippen LogP contribution in [-0.4, -0.2) is 11.4 Å². The molecule has 0 fully saturated rings. The lowest BCUT2D eigenvalue weighted by molar-refractivity contribution is 1.41. The zero-order valence-electron chi connectivity index (χ0n) is 23.9. The van der Waals surface area contributed by atoms with Crippen molar-refractivity contribution < 1.29 is 0 Å². The highest BCUT2D eigenvalue weighted by Gasteiger charge is 2.22. The van der Waals surface area contributed by atoms with Gasteiger partial charge in [-0.3, -0.25) is 0 Å². The van der Waals surface area contributed by atoms with Crippen molar-refractivity contribution in [3.8, 4) is 0 Å². The summed E-state index contributed by atoms with van der Waals surface area (Å²) in [6.07, 6.45) is 0. The van der Waals surface area contributed by atoms with Crippen LogP contribution in [0.2, 0.25) is 0 Å². The highest BCUT2D eigenvalue weighted by molar-refractivity contribution is 6.25. The molecule has 8 aromatic carbocycles. The molecule has 1 aliphatic rings. The fourth-order valence-electron chi connectivity index (χ4n) is 6.50. The smallest absolute Gasteiger partial charge is 0.0803 e. The number of hydrogen-bond acceptors (Lipinski definition) is 2. The van der Waals surface area contributed by atoms with E-state index in [0.29, 0.717) is 0 Å². The summed E-state index contributed by atoms with van der Waals surface area (Å²) in [5, 5.41) is 9.46. The summed E-state index contributed by atoms with van der Waals surface area (Å²) >= 11 is 0. The van der Waals surface area contributed by atoms with Gasteiger partial charge >= 0.3 is 0 Å². The minimum absolute atomic E-state index is 0.914. The van der Waals surface area contributed by atoms with Crippen molar-refractivity contribution in [2.45, 2.75) is 0 Å². The van der Waals surface area contributed by atoms with Crippen LogP contribution in [0.25, 0.3) is 43.1 Å². The monoisotopic (exact) mass is 558 g/mol. The Kier molecular flexibility index (Phi) is 5.54. The van der Waals surface area contributed by atoms with Crippen molar-refractivity contribution in [1.82, 2.24) is 0 Å². The molecule has 0 bridgehead atoms. The first-order chi connectivity index (χ1) is 21.8. The predicted octanol–water partition coefficient (Wildman–Crippen LogP) is 11.0. The zero-order valence-corrected chi connectivity index (χ0v) is 23.9. The molecule has 0 amide bonds. The fraction of sp³-hybridized carbons (Fsp3) is 0. The van der Waals surface area contributed by atoms with E-state index in [9.17, 15) is 0 Å². The average Bonchev–Trinajstić information content (AvgIpc) is 3.08. The van der Waals surface area contributed by atoms with Gasteiger partial charge in [0.25, 0.3) is 0 Å². The molecule has 2 nitrogen and oxygen atoms in total. The maximum atomic E-state index is 5.55. The molecule has 0 N–H and O–H groups in total. The number of rotatable bonds is 2. The highest BCUT2D eigenvalue weighted by Crippen LogP contribution is 2.38. The van der Waals surface area contributed by atoms with Gasteiger partial charge in [-0.15, -0.1) is 0 Å². The topological polar surface area (TPSA) is 24.7 Å². The lowest BCUT2D eigenvalue weighted by Gasteiger charge is -2.20. The second-order valence-corrected chi connectivity index (χ2v) is 11.5. The second kappa shape index (κ2) is 9.86. The summed E-state index contributed by atoms with van der Waals surface area (Å²) in [4.78, 5) is 11.1. The van der Waals surface area contributed by atoms with E-state index in [1.165, 1.54) is 32.3 Å². The van der Waals surface area contributed by atoms with Gasteiger partial charge in [-0.25, -0.2) is 9.98 Å². The van der Waals surface area contributed by atoms with E-state index in [0.717, 1.165) is 55.8 Å². The largest absolute Gasteiger partial charge is 0.247 e. The first-order valence-electron chi connectivity index (χ1n) is 15.0. The molecule has 0 unspecified atom stereocenters. The summed E-state index contributed by atoms with van der Waals surface area (Å²) in [5.41, 5.74) is 7.87. The molecule has 0 aromatic heterocycles. The molecular formula is C42H26N2. The number of benzene rings is 8. The van der Waals surface area contributed by atoms with Crippen molar-refractivity contribution in [2.75, 3.05) is 0 Å². The molecule has 0 aliphatic carbocycles. The van der Waals surface area contributed by atoms with Gasteiger partial charge < -0.3 is 0 Å². The molecule has 8 aromatic rings. The summed E-state index contributed by atoms with van der Waals surface area (Å²) in [6.45, 7) is 0. The normalized spacial score (nSPS) is 12.8. The van der Waals surface area contributed by atoms with Gasteiger partial charge in [0.15, 0.2) is 0 Å². The quantitative estimate of drug-likeness (QED) is 0.202. The maximum absolute atomic E-state index is 5.55. The van der Waals surface area contributed by atoms with Gasteiger partial charge in [0.1, 0.15) is 0 Å². The van der Waals surface area contributed by atoms with Crippen molar-refractivity contribution in [2.24, 2.45) is 9.98 Å². The van der Waals surface area contributed by atoms with Gasteiger partial charge in [-0.1, -0.05) is 121 Å². The molecule has 9 rings (SSSR count). The Bertz CT molecular complexity index is 2320. The van der Waals surface area contributed by atoms with E-state index in [-0.39, 0.29) is 0 Å². The van der Waals surface area contributed by atoms with Crippen molar-refractivity contribution in [3.63, 3.8) is 0 Å². The van der Waals surface area contributed by atoms with Gasteiger partial charge in [-0.2, -0.15) is 0 Å². The Balaban J connectivity index is 1.39. The molecule has 0 spiro atoms. The molecule has 0 saturated carbocycles. The van der Waals surface area contributed by atoms with Crippen LogP contribution in [-0.2, 0) is 0 Å². The van der Waals surface area contributed by atoms with Crippen LogP contribution in [0.1, 0.15) is 22.3 Å². The standard InChI is InChI=1S/C42H26N2/c1-3-11-29-21-35(19-17-27(29)9-1)41-37-23-31-13-5-7-15-33(31)25-39(37)44-42(36-20-18-28-10-2-4-12-30(28)22-36)38-24-32-14-6-8-16-34(32)26-40(38)43-41/h1-26H. The molecule has 1 aliphatic heterocycles. The predicted molar refractivity (Wildman–Crippen MR) is 186 cm³/mol. The van der Waals surface area contributed by atoms with E-state index < -0.39 is 0 Å². The van der Waals surface area contributed by atoms with Crippen LogP contribution in [0.3, 0.4) is 0 Å². The Morgan fingerprint density at radius 1 is 0.273 bits per heavy atom. The Morgan fingerprint density at radius 2 is 0.591 bits per heavy atom. The molecule has 44 heavy (non-hydrogen) atoms. The third-order valence-electron chi connectivity index (χ3n) is 8.75. The van der Waals surface area contributed by atoms with E-state index in [1.54, 1.807) is 0 Å². The number of nitrogens with zero attached hydrogens (tertiary/aromatic N) is 2. The first-order valence-corrected chi connectivity index (χ1v) is 15.0. The van der Waals surface area contributed by atoms with Crippen molar-refractivity contribution in [1.29, 1.82) is 0 Å². The second-order valence-electron chi connectivity index (χ2n) is 11.5. The average molecular weight is 559 g/mol. The van der Waals surface area contributed by atoms with Crippen LogP contribution < -0.4 is 0 Å². The van der Waals surface area contributed by atoms with Crippen LogP contribution in [0, 0.1) is 0 Å². The molecule has 2 heteroatoms. The maximum Gasteiger partial charge on any atom is 0.0803 e. The third-order valence-corrected chi connectivity index (χ3v) is 8.75. The SMILES string of the molecule is c1ccc2cc(C3=Nc4cc5ccccc5cc4C(c4ccc5ccccc5c4)=Nc4cc5ccccc5cc43)ccc2c1. The van der Waals surface area contributed by atoms with Crippen LogP contribution in [0.15, 0.2) is 168 Å². The van der Waals surface area contributed by atoms with Gasteiger partial charge in [-0.05, 0) is 79.5 Å². The zero-order chi connectivity index (χ0) is 29.0. The minimum atomic E-state index is 0.914. The number of fused-ring (bicyclic) bond motifs is 6. The van der Waals surface area contributed by atoms with Gasteiger partial charge in [0.05, 0.1) is 22.8 Å². The summed E-state index contributed by atoms with van der Waals surface area (Å²) in [5.74, 6) is 0. The van der Waals surface area contributed by atoms with E-state index in [2.05, 4.69) is 158 Å². The Hall–Kier alpha value is -5.86. The Morgan fingerprint density at radius 3 is 0.977 bits per heavy atom. The number of aliphatic imine (C=N–C) groups is 2. The van der Waals surface area contributed by atoms with Crippen LogP contribution >= 0.6 is 0 Å². The van der Waals surface area contributed by atoms with E-state index in [4.69, 9.17) is 9.98 Å². The molecule has 0 atom stereocenters. The first kappa shape index (κ1) is 24.7. The Labute approximate surface area is 255 Å². The van der Waals surface area contributed by atoms with Gasteiger partial charge in [0.2, 0.25) is 0 Å². The van der Waals surface area contributed by atoms with E-state index in [1.807, 2.05) is 0 Å². The van der Waals surface area contributed by atoms with Crippen molar-refractivity contribution in [3.05, 3.63) is 180 Å².